The van der Waals surface area contributed by atoms with Gasteiger partial charge >= 0.3 is 0 Å². The minimum atomic E-state index is -0.428. The Hall–Kier alpha value is -0.610. The van der Waals surface area contributed by atoms with Crippen molar-refractivity contribution in [3.05, 3.63) is 0 Å². The quantitative estimate of drug-likeness (QED) is 0.626. The van der Waals surface area contributed by atoms with E-state index in [2.05, 4.69) is 5.32 Å². The second-order valence-electron chi connectivity index (χ2n) is 4.21. The van der Waals surface area contributed by atoms with Gasteiger partial charge in [0.1, 0.15) is 6.61 Å². The molecule has 1 aliphatic carbocycles. The maximum Gasteiger partial charge on any atom is 0.246 e. The number of carbonyl (C=O) groups excluding carboxylic acids is 1. The summed E-state index contributed by atoms with van der Waals surface area (Å²) in [4.78, 5) is 11.2. The Morgan fingerprint density at radius 3 is 2.93 bits per heavy atom. The molecule has 0 aromatic carbocycles. The van der Waals surface area contributed by atoms with Crippen LogP contribution in [0.3, 0.4) is 0 Å². The van der Waals surface area contributed by atoms with Crippen molar-refractivity contribution in [1.82, 2.24) is 5.32 Å². The second-order valence-corrected chi connectivity index (χ2v) is 4.21. The molecular weight excluding hydrogens is 194 g/mol. The molecule has 0 bridgehead atoms. The third kappa shape index (κ3) is 6.47. The molecule has 1 amide bonds. The molecule has 1 saturated carbocycles. The Labute approximate surface area is 91.0 Å². The molecule has 15 heavy (non-hydrogen) atoms. The lowest BCUT2D eigenvalue weighted by atomic mass is 10.2. The Balaban J connectivity index is 1.92. The van der Waals surface area contributed by atoms with E-state index < -0.39 is 6.10 Å². The maximum atomic E-state index is 11.2. The summed E-state index contributed by atoms with van der Waals surface area (Å²) in [5.74, 6) is 0.550. The number of hydrogen-bond acceptors (Lipinski definition) is 3. The third-order valence-corrected chi connectivity index (χ3v) is 2.44. The van der Waals surface area contributed by atoms with Crippen LogP contribution in [0.4, 0.5) is 0 Å². The van der Waals surface area contributed by atoms with Crippen LogP contribution < -0.4 is 5.32 Å². The van der Waals surface area contributed by atoms with Gasteiger partial charge < -0.3 is 15.2 Å². The van der Waals surface area contributed by atoms with Crippen LogP contribution in [0.25, 0.3) is 0 Å². The minimum Gasteiger partial charge on any atom is -0.391 e. The van der Waals surface area contributed by atoms with E-state index in [9.17, 15) is 9.90 Å². The summed E-state index contributed by atoms with van der Waals surface area (Å²) < 4.78 is 5.22. The zero-order valence-corrected chi connectivity index (χ0v) is 9.37. The van der Waals surface area contributed by atoms with E-state index in [0.29, 0.717) is 19.1 Å². The molecule has 1 rings (SSSR count). The topological polar surface area (TPSA) is 58.6 Å². The van der Waals surface area contributed by atoms with Gasteiger partial charge in [0.25, 0.3) is 0 Å². The van der Waals surface area contributed by atoms with E-state index in [1.54, 1.807) is 0 Å². The molecule has 0 aromatic heterocycles. The van der Waals surface area contributed by atoms with Crippen molar-refractivity contribution in [1.29, 1.82) is 0 Å². The Kier molecular flexibility index (Phi) is 5.65. The summed E-state index contributed by atoms with van der Waals surface area (Å²) in [6, 6.07) is 0. The molecule has 0 saturated heterocycles. The molecule has 88 valence electrons. The molecule has 2 N–H and O–H groups in total. The first-order valence-electron chi connectivity index (χ1n) is 5.75. The highest BCUT2D eigenvalue weighted by Crippen LogP contribution is 2.28. The van der Waals surface area contributed by atoms with Gasteiger partial charge in [0.2, 0.25) is 5.91 Å². The second kappa shape index (κ2) is 6.80. The molecule has 4 nitrogen and oxygen atoms in total. The summed E-state index contributed by atoms with van der Waals surface area (Å²) in [5.41, 5.74) is 0. The van der Waals surface area contributed by atoms with Gasteiger partial charge in [-0.2, -0.15) is 0 Å². The van der Waals surface area contributed by atoms with Crippen molar-refractivity contribution in [2.75, 3.05) is 19.8 Å². The number of hydrogen-bond donors (Lipinski definition) is 2. The zero-order chi connectivity index (χ0) is 11.1. The van der Waals surface area contributed by atoms with Gasteiger partial charge in [0.15, 0.2) is 0 Å². The first kappa shape index (κ1) is 12.5. The van der Waals surface area contributed by atoms with E-state index in [4.69, 9.17) is 4.74 Å². The Morgan fingerprint density at radius 2 is 2.33 bits per heavy atom. The lowest BCUT2D eigenvalue weighted by molar-refractivity contribution is -0.126. The molecule has 1 unspecified atom stereocenters. The number of rotatable bonds is 8. The number of aliphatic hydroxyl groups is 1. The molecule has 1 atom stereocenters. The highest BCUT2D eigenvalue weighted by molar-refractivity contribution is 5.77. The summed E-state index contributed by atoms with van der Waals surface area (Å²) in [5, 5.41) is 12.0. The summed E-state index contributed by atoms with van der Waals surface area (Å²) in [7, 11) is 0. The highest BCUT2D eigenvalue weighted by atomic mass is 16.5. The minimum absolute atomic E-state index is 0.120. The van der Waals surface area contributed by atoms with Gasteiger partial charge in [-0.3, -0.25) is 4.79 Å². The van der Waals surface area contributed by atoms with Gasteiger partial charge in [-0.1, -0.05) is 13.3 Å². The van der Waals surface area contributed by atoms with Crippen LogP contribution in [0.5, 0.6) is 0 Å². The van der Waals surface area contributed by atoms with Gasteiger partial charge in [-0.15, -0.1) is 0 Å². The SMILES string of the molecule is CCCC(O)CNC(=O)COCC1CC1. The van der Waals surface area contributed by atoms with Gasteiger partial charge in [-0.05, 0) is 25.2 Å². The lowest BCUT2D eigenvalue weighted by Gasteiger charge is -2.10. The van der Waals surface area contributed by atoms with Gasteiger partial charge in [0, 0.05) is 6.54 Å². The third-order valence-electron chi connectivity index (χ3n) is 2.44. The fraction of sp³-hybridized carbons (Fsp3) is 0.909. The first-order valence-corrected chi connectivity index (χ1v) is 5.75. The van der Waals surface area contributed by atoms with Crippen molar-refractivity contribution in [2.24, 2.45) is 5.92 Å². The van der Waals surface area contributed by atoms with E-state index in [1.165, 1.54) is 12.8 Å². The van der Waals surface area contributed by atoms with Crippen LogP contribution in [-0.4, -0.2) is 36.9 Å². The number of amides is 1. The number of carbonyl (C=O) groups is 1. The van der Waals surface area contributed by atoms with Crippen molar-refractivity contribution in [3.63, 3.8) is 0 Å². The molecule has 0 aliphatic heterocycles. The summed E-state index contributed by atoms with van der Waals surface area (Å²) >= 11 is 0. The molecule has 0 radical (unpaired) electrons. The van der Waals surface area contributed by atoms with Crippen LogP contribution in [-0.2, 0) is 9.53 Å². The van der Waals surface area contributed by atoms with E-state index in [0.717, 1.165) is 12.8 Å². The normalized spacial score (nSPS) is 17.5. The first-order chi connectivity index (χ1) is 7.22. The molecule has 0 spiro atoms. The van der Waals surface area contributed by atoms with Crippen molar-refractivity contribution < 1.29 is 14.6 Å². The maximum absolute atomic E-state index is 11.2. The van der Waals surface area contributed by atoms with Gasteiger partial charge in [-0.25, -0.2) is 0 Å². The van der Waals surface area contributed by atoms with Crippen molar-refractivity contribution >= 4 is 5.91 Å². The Bertz CT molecular complexity index is 192. The number of aliphatic hydroxyl groups excluding tert-OH is 1. The molecule has 0 heterocycles. The summed E-state index contributed by atoms with van der Waals surface area (Å²) in [6.07, 6.45) is 3.69. The Morgan fingerprint density at radius 1 is 1.60 bits per heavy atom. The van der Waals surface area contributed by atoms with Crippen LogP contribution >= 0.6 is 0 Å². The molecule has 1 fully saturated rings. The molecule has 4 heteroatoms. The van der Waals surface area contributed by atoms with Crippen LogP contribution in [0.2, 0.25) is 0 Å². The fourth-order valence-corrected chi connectivity index (χ4v) is 1.32. The van der Waals surface area contributed by atoms with Crippen LogP contribution in [0.1, 0.15) is 32.6 Å². The van der Waals surface area contributed by atoms with E-state index in [-0.39, 0.29) is 12.5 Å². The molecular formula is C11H21NO3. The van der Waals surface area contributed by atoms with Crippen molar-refractivity contribution in [2.45, 2.75) is 38.7 Å². The predicted molar refractivity (Wildman–Crippen MR) is 57.5 cm³/mol. The number of ether oxygens (including phenoxy) is 1. The van der Waals surface area contributed by atoms with Crippen LogP contribution in [0, 0.1) is 5.92 Å². The average molecular weight is 215 g/mol. The number of nitrogens with one attached hydrogen (secondary N) is 1. The largest absolute Gasteiger partial charge is 0.391 e. The zero-order valence-electron chi connectivity index (χ0n) is 9.37. The predicted octanol–water partition coefficient (Wildman–Crippen LogP) is 0.690. The molecule has 0 aromatic rings. The van der Waals surface area contributed by atoms with E-state index >= 15 is 0 Å². The van der Waals surface area contributed by atoms with Gasteiger partial charge in [0.05, 0.1) is 12.7 Å². The fourth-order valence-electron chi connectivity index (χ4n) is 1.32. The smallest absolute Gasteiger partial charge is 0.246 e. The van der Waals surface area contributed by atoms with Crippen molar-refractivity contribution in [3.8, 4) is 0 Å². The molecule has 1 aliphatic rings. The highest BCUT2D eigenvalue weighted by Gasteiger charge is 2.21. The monoisotopic (exact) mass is 215 g/mol. The average Bonchev–Trinajstić information content (AvgIpc) is 2.99. The van der Waals surface area contributed by atoms with E-state index in [1.807, 2.05) is 6.92 Å². The van der Waals surface area contributed by atoms with Crippen LogP contribution in [0.15, 0.2) is 0 Å². The standard InChI is InChI=1S/C11H21NO3/c1-2-3-10(13)6-12-11(14)8-15-7-9-4-5-9/h9-10,13H,2-8H2,1H3,(H,12,14). The summed E-state index contributed by atoms with van der Waals surface area (Å²) in [6.45, 7) is 3.16. The lowest BCUT2D eigenvalue weighted by Crippen LogP contribution is -2.34.